The quantitative estimate of drug-likeness (QED) is 0.148. The van der Waals surface area contributed by atoms with E-state index < -0.39 is 17.7 Å². The highest BCUT2D eigenvalue weighted by atomic mass is 35.5. The molecule has 0 aliphatic rings. The van der Waals surface area contributed by atoms with Crippen LogP contribution in [0.5, 0.6) is 0 Å². The van der Waals surface area contributed by atoms with Crippen LogP contribution in [0.2, 0.25) is 10.0 Å². The fourth-order valence-corrected chi connectivity index (χ4v) is 4.52. The second-order valence-corrected chi connectivity index (χ2v) is 9.12. The van der Waals surface area contributed by atoms with Crippen molar-refractivity contribution < 1.29 is 19.5 Å². The average molecular weight is 523 g/mol. The highest BCUT2D eigenvalue weighted by molar-refractivity contribution is 6.33. The van der Waals surface area contributed by atoms with E-state index in [0.29, 0.717) is 16.8 Å². The third-order valence-corrected chi connectivity index (χ3v) is 6.48. The van der Waals surface area contributed by atoms with Crippen molar-refractivity contribution in [3.63, 3.8) is 0 Å². The zero-order chi connectivity index (χ0) is 25.8. The Morgan fingerprint density at radius 3 is 2.33 bits per heavy atom. The molecule has 0 aliphatic carbocycles. The summed E-state index contributed by atoms with van der Waals surface area (Å²) in [6, 6.07) is 20.2. The van der Waals surface area contributed by atoms with Crippen LogP contribution in [0, 0.1) is 12.7 Å². The van der Waals surface area contributed by atoms with E-state index in [4.69, 9.17) is 23.2 Å². The van der Waals surface area contributed by atoms with Crippen LogP contribution in [0.3, 0.4) is 0 Å². The van der Waals surface area contributed by atoms with E-state index in [1.165, 1.54) is 12.1 Å². The van der Waals surface area contributed by atoms with Gasteiger partial charge in [-0.05, 0) is 65.6 Å². The summed E-state index contributed by atoms with van der Waals surface area (Å²) in [5.41, 5.74) is 4.63. The lowest BCUT2D eigenvalue weighted by Gasteiger charge is -2.20. The second-order valence-electron chi connectivity index (χ2n) is 8.28. The summed E-state index contributed by atoms with van der Waals surface area (Å²) in [4.78, 5) is 15.4. The van der Waals surface area contributed by atoms with Crippen LogP contribution in [0.25, 0.3) is 11.1 Å². The molecule has 3 aromatic carbocycles. The molecule has 0 saturated heterocycles. The van der Waals surface area contributed by atoms with E-state index in [0.717, 1.165) is 22.4 Å². The Bertz CT molecular complexity index is 1460. The number of rotatable bonds is 7. The Morgan fingerprint density at radius 2 is 1.72 bits per heavy atom. The number of halogens is 3. The topological polar surface area (TPSA) is 82.8 Å². The molecule has 0 bridgehead atoms. The van der Waals surface area contributed by atoms with Crippen molar-refractivity contribution >= 4 is 34.9 Å². The molecular formula is C28H21Cl2FN2O3. The first kappa shape index (κ1) is 25.4. The van der Waals surface area contributed by atoms with E-state index in [1.54, 1.807) is 42.6 Å². The number of carboxylic acid groups (broad SMARTS) is 1. The van der Waals surface area contributed by atoms with Crippen molar-refractivity contribution in [1.82, 2.24) is 4.98 Å². The number of nitrogens with zero attached hydrogens (tertiary/aromatic N) is 2. The van der Waals surface area contributed by atoms with Gasteiger partial charge in [-0.1, -0.05) is 64.8 Å². The number of aromatic carboxylic acids is 1. The molecule has 1 heterocycles. The van der Waals surface area contributed by atoms with Gasteiger partial charge in [-0.25, -0.2) is 9.18 Å². The molecule has 0 fully saturated rings. The third-order valence-electron chi connectivity index (χ3n) is 5.93. The molecule has 0 radical (unpaired) electrons. The molecule has 1 aromatic heterocycles. The third kappa shape index (κ3) is 5.56. The molecule has 0 unspecified atom stereocenters. The molecule has 5 nitrogen and oxygen atoms in total. The predicted molar refractivity (Wildman–Crippen MR) is 139 cm³/mol. The highest BCUT2D eigenvalue weighted by Crippen LogP contribution is 2.34. The molecule has 0 amide bonds. The number of benzene rings is 3. The molecule has 182 valence electrons. The predicted octanol–water partition coefficient (Wildman–Crippen LogP) is 7.60. The summed E-state index contributed by atoms with van der Waals surface area (Å²) in [6.45, 7) is 1.84. The second kappa shape index (κ2) is 10.9. The number of oxime groups is 1. The van der Waals surface area contributed by atoms with Crippen molar-refractivity contribution in [2.24, 2.45) is 5.16 Å². The number of carbonyl (C=O) groups is 1. The van der Waals surface area contributed by atoms with Crippen LogP contribution in [0.4, 0.5) is 4.39 Å². The fraction of sp³-hybridized carbons (Fsp3) is 0.107. The van der Waals surface area contributed by atoms with Crippen molar-refractivity contribution in [2.75, 3.05) is 0 Å². The molecular weight excluding hydrogens is 502 g/mol. The van der Waals surface area contributed by atoms with Crippen LogP contribution in [0.1, 0.15) is 45.1 Å². The molecule has 0 saturated carbocycles. The molecule has 0 spiro atoms. The van der Waals surface area contributed by atoms with E-state index in [-0.39, 0.29) is 22.0 Å². The van der Waals surface area contributed by atoms with Gasteiger partial charge in [-0.15, -0.1) is 0 Å². The summed E-state index contributed by atoms with van der Waals surface area (Å²) >= 11 is 12.1. The maximum atomic E-state index is 15.0. The number of hydrogen-bond donors (Lipinski definition) is 2. The zero-order valence-electron chi connectivity index (χ0n) is 19.1. The van der Waals surface area contributed by atoms with Gasteiger partial charge in [0.1, 0.15) is 5.82 Å². The highest BCUT2D eigenvalue weighted by Gasteiger charge is 2.22. The fourth-order valence-electron chi connectivity index (χ4n) is 4.10. The molecule has 36 heavy (non-hydrogen) atoms. The Kier molecular flexibility index (Phi) is 7.67. The van der Waals surface area contributed by atoms with Crippen molar-refractivity contribution in [3.8, 4) is 11.1 Å². The van der Waals surface area contributed by atoms with Crippen LogP contribution >= 0.6 is 23.2 Å². The lowest BCUT2D eigenvalue weighted by Crippen LogP contribution is -2.12. The molecule has 2 N–H and O–H groups in total. The average Bonchev–Trinajstić information content (AvgIpc) is 2.85. The first-order valence-corrected chi connectivity index (χ1v) is 11.7. The molecule has 4 rings (SSSR count). The first-order valence-electron chi connectivity index (χ1n) is 11.0. The van der Waals surface area contributed by atoms with Gasteiger partial charge in [0.05, 0.1) is 16.3 Å². The number of aryl methyl sites for hydroxylation is 1. The lowest BCUT2D eigenvalue weighted by molar-refractivity contribution is 0.0697. The summed E-state index contributed by atoms with van der Waals surface area (Å²) in [5, 5.41) is 23.0. The maximum Gasteiger partial charge on any atom is 0.337 e. The number of pyridine rings is 1. The van der Waals surface area contributed by atoms with Gasteiger partial charge in [0, 0.05) is 34.8 Å². The molecule has 1 atom stereocenters. The van der Waals surface area contributed by atoms with Crippen molar-refractivity contribution in [3.05, 3.63) is 123 Å². The van der Waals surface area contributed by atoms with E-state index in [9.17, 15) is 15.1 Å². The SMILES string of the molecule is Cc1cc(/C(C[C@H](c2ccc(-c3ccc(C(=O)O)c(Cl)c3)cc2)c2ccc(Cl)cc2F)=N/O)ccn1. The maximum absolute atomic E-state index is 15.0. The van der Waals surface area contributed by atoms with Gasteiger partial charge < -0.3 is 10.3 Å². The Morgan fingerprint density at radius 1 is 1.00 bits per heavy atom. The van der Waals surface area contributed by atoms with Gasteiger partial charge in [0.2, 0.25) is 0 Å². The number of aromatic nitrogens is 1. The van der Waals surface area contributed by atoms with Gasteiger partial charge in [-0.2, -0.15) is 0 Å². The van der Waals surface area contributed by atoms with E-state index in [1.807, 2.05) is 31.2 Å². The first-order chi connectivity index (χ1) is 17.3. The summed E-state index contributed by atoms with van der Waals surface area (Å²) in [7, 11) is 0. The van der Waals surface area contributed by atoms with Crippen LogP contribution in [-0.2, 0) is 0 Å². The lowest BCUT2D eigenvalue weighted by atomic mass is 9.84. The summed E-state index contributed by atoms with van der Waals surface area (Å²) in [5.74, 6) is -2.04. The van der Waals surface area contributed by atoms with E-state index in [2.05, 4.69) is 10.1 Å². The normalized spacial score (nSPS) is 12.4. The van der Waals surface area contributed by atoms with E-state index >= 15 is 4.39 Å². The summed E-state index contributed by atoms with van der Waals surface area (Å²) in [6.07, 6.45) is 1.85. The summed E-state index contributed by atoms with van der Waals surface area (Å²) < 4.78 is 15.0. The smallest absolute Gasteiger partial charge is 0.337 e. The molecule has 8 heteroatoms. The number of hydrogen-bond acceptors (Lipinski definition) is 4. The Hall–Kier alpha value is -3.74. The van der Waals surface area contributed by atoms with Gasteiger partial charge >= 0.3 is 5.97 Å². The minimum Gasteiger partial charge on any atom is -0.478 e. The Balaban J connectivity index is 1.73. The zero-order valence-corrected chi connectivity index (χ0v) is 20.6. The van der Waals surface area contributed by atoms with Crippen LogP contribution in [-0.4, -0.2) is 27.0 Å². The molecule has 0 aliphatic heterocycles. The van der Waals surface area contributed by atoms with Gasteiger partial charge in [-0.3, -0.25) is 4.98 Å². The van der Waals surface area contributed by atoms with Crippen LogP contribution in [0.15, 0.2) is 84.1 Å². The van der Waals surface area contributed by atoms with Gasteiger partial charge in [0.15, 0.2) is 0 Å². The van der Waals surface area contributed by atoms with Crippen molar-refractivity contribution in [2.45, 2.75) is 19.3 Å². The largest absolute Gasteiger partial charge is 0.478 e. The molecule has 4 aromatic rings. The standard InChI is InChI=1S/C28H21Cl2FN2O3/c1-16-12-20(10-11-32-16)27(33-36)15-24(22-9-7-21(29)14-26(22)31)18-4-2-17(3-5-18)19-6-8-23(28(34)35)25(30)13-19/h2-14,24,36H,15H2,1H3,(H,34,35)/b33-27+/t24-/m1/s1. The monoisotopic (exact) mass is 522 g/mol. The minimum atomic E-state index is -1.10. The van der Waals surface area contributed by atoms with Crippen LogP contribution < -0.4 is 0 Å². The van der Waals surface area contributed by atoms with Crippen molar-refractivity contribution in [1.29, 1.82) is 0 Å². The Labute approximate surface area is 217 Å². The van der Waals surface area contributed by atoms with Gasteiger partial charge in [0.25, 0.3) is 0 Å². The minimum absolute atomic E-state index is 0.0254. The number of carboxylic acids is 1.